The van der Waals surface area contributed by atoms with Crippen LogP contribution in [0.15, 0.2) is 47.1 Å². The summed E-state index contributed by atoms with van der Waals surface area (Å²) in [4.78, 5) is 0. The molecule has 0 aliphatic heterocycles. The molecule has 1 unspecified atom stereocenters. The summed E-state index contributed by atoms with van der Waals surface area (Å²) in [6.45, 7) is 3.02. The quantitative estimate of drug-likeness (QED) is 0.871. The van der Waals surface area contributed by atoms with Crippen molar-refractivity contribution in [2.24, 2.45) is 0 Å². The zero-order valence-corrected chi connectivity index (χ0v) is 10.6. The van der Waals surface area contributed by atoms with Gasteiger partial charge in [0.1, 0.15) is 5.76 Å². The Morgan fingerprint density at radius 3 is 2.88 bits per heavy atom. The molecule has 90 valence electrons. The van der Waals surface area contributed by atoms with E-state index in [9.17, 15) is 0 Å². The number of halogens is 1. The van der Waals surface area contributed by atoms with Gasteiger partial charge in [-0.2, -0.15) is 0 Å². The highest BCUT2D eigenvalue weighted by Gasteiger charge is 2.05. The fraction of sp³-hybridized carbons (Fsp3) is 0.286. The monoisotopic (exact) mass is 249 g/mol. The number of furan rings is 1. The molecule has 17 heavy (non-hydrogen) atoms. The number of rotatable bonds is 5. The highest BCUT2D eigenvalue weighted by molar-refractivity contribution is 6.30. The standard InChI is InChI=1S/C14H16ClNO/c1-11(12-4-2-5-13(15)10-12)16-8-7-14-6-3-9-17-14/h2-6,9-11,16H,7-8H2,1H3. The SMILES string of the molecule is CC(NCCc1ccco1)c1cccc(Cl)c1. The van der Waals surface area contributed by atoms with Gasteiger partial charge >= 0.3 is 0 Å². The zero-order chi connectivity index (χ0) is 12.1. The summed E-state index contributed by atoms with van der Waals surface area (Å²) in [5.41, 5.74) is 1.21. The normalized spacial score (nSPS) is 12.6. The minimum Gasteiger partial charge on any atom is -0.469 e. The fourth-order valence-electron chi connectivity index (χ4n) is 1.76. The van der Waals surface area contributed by atoms with Crippen molar-refractivity contribution in [2.45, 2.75) is 19.4 Å². The lowest BCUT2D eigenvalue weighted by Crippen LogP contribution is -2.21. The van der Waals surface area contributed by atoms with Crippen molar-refractivity contribution in [3.63, 3.8) is 0 Å². The average molecular weight is 250 g/mol. The Morgan fingerprint density at radius 2 is 2.18 bits per heavy atom. The Morgan fingerprint density at radius 1 is 1.29 bits per heavy atom. The minimum atomic E-state index is 0.295. The van der Waals surface area contributed by atoms with Crippen LogP contribution in [0.5, 0.6) is 0 Å². The number of benzene rings is 1. The van der Waals surface area contributed by atoms with E-state index in [2.05, 4.69) is 18.3 Å². The maximum Gasteiger partial charge on any atom is 0.105 e. The average Bonchev–Trinajstić information content (AvgIpc) is 2.82. The predicted molar refractivity (Wildman–Crippen MR) is 70.3 cm³/mol. The van der Waals surface area contributed by atoms with Gasteiger partial charge in [0.05, 0.1) is 6.26 Å². The van der Waals surface area contributed by atoms with Gasteiger partial charge in [-0.3, -0.25) is 0 Å². The lowest BCUT2D eigenvalue weighted by molar-refractivity contribution is 0.486. The molecule has 0 aliphatic carbocycles. The Kier molecular flexibility index (Phi) is 4.24. The molecule has 1 aromatic heterocycles. The van der Waals surface area contributed by atoms with Gasteiger partial charge in [-0.25, -0.2) is 0 Å². The molecule has 0 spiro atoms. The van der Waals surface area contributed by atoms with E-state index in [1.54, 1.807) is 6.26 Å². The van der Waals surface area contributed by atoms with Crippen LogP contribution in [0.1, 0.15) is 24.3 Å². The molecule has 0 saturated heterocycles. The Labute approximate surface area is 107 Å². The molecule has 0 saturated carbocycles. The molecule has 0 bridgehead atoms. The summed E-state index contributed by atoms with van der Waals surface area (Å²) in [5.74, 6) is 1.01. The minimum absolute atomic E-state index is 0.295. The lowest BCUT2D eigenvalue weighted by atomic mass is 10.1. The van der Waals surface area contributed by atoms with Crippen molar-refractivity contribution in [1.82, 2.24) is 5.32 Å². The molecule has 0 radical (unpaired) electrons. The second-order valence-corrected chi connectivity index (χ2v) is 4.50. The molecule has 2 aromatic rings. The Bertz CT molecular complexity index is 453. The molecule has 1 heterocycles. The Hall–Kier alpha value is -1.25. The van der Waals surface area contributed by atoms with Crippen LogP contribution >= 0.6 is 11.6 Å². The van der Waals surface area contributed by atoms with E-state index >= 15 is 0 Å². The third-order valence-corrected chi connectivity index (χ3v) is 2.99. The molecule has 0 amide bonds. The first-order valence-corrected chi connectivity index (χ1v) is 6.15. The molecular weight excluding hydrogens is 234 g/mol. The topological polar surface area (TPSA) is 25.2 Å². The molecule has 1 atom stereocenters. The summed E-state index contributed by atoms with van der Waals surface area (Å²) >= 11 is 5.96. The molecule has 0 aliphatic rings. The van der Waals surface area contributed by atoms with Crippen LogP contribution in [0.25, 0.3) is 0 Å². The zero-order valence-electron chi connectivity index (χ0n) is 9.82. The first-order chi connectivity index (χ1) is 8.25. The molecule has 1 N–H and O–H groups in total. The van der Waals surface area contributed by atoms with Gasteiger partial charge in [0.2, 0.25) is 0 Å². The van der Waals surface area contributed by atoms with Crippen molar-refractivity contribution in [1.29, 1.82) is 0 Å². The smallest absolute Gasteiger partial charge is 0.105 e. The van der Waals surface area contributed by atoms with Crippen molar-refractivity contribution < 1.29 is 4.42 Å². The van der Waals surface area contributed by atoms with Crippen molar-refractivity contribution in [2.75, 3.05) is 6.54 Å². The van der Waals surface area contributed by atoms with E-state index in [1.165, 1.54) is 5.56 Å². The molecule has 3 heteroatoms. The molecule has 2 nitrogen and oxygen atoms in total. The third kappa shape index (κ3) is 3.62. The van der Waals surface area contributed by atoms with Crippen molar-refractivity contribution in [3.8, 4) is 0 Å². The second-order valence-electron chi connectivity index (χ2n) is 4.06. The van der Waals surface area contributed by atoms with Gasteiger partial charge in [0.15, 0.2) is 0 Å². The van der Waals surface area contributed by atoms with E-state index in [0.29, 0.717) is 6.04 Å². The summed E-state index contributed by atoms with van der Waals surface area (Å²) in [6.07, 6.45) is 2.60. The van der Waals surface area contributed by atoms with Crippen LogP contribution in [0.2, 0.25) is 5.02 Å². The number of nitrogens with one attached hydrogen (secondary N) is 1. The van der Waals surface area contributed by atoms with Gasteiger partial charge in [-0.15, -0.1) is 0 Å². The largest absolute Gasteiger partial charge is 0.469 e. The van der Waals surface area contributed by atoms with E-state index in [0.717, 1.165) is 23.7 Å². The summed E-state index contributed by atoms with van der Waals surface area (Å²) < 4.78 is 5.28. The molecule has 0 fully saturated rings. The number of hydrogen-bond donors (Lipinski definition) is 1. The fourth-order valence-corrected chi connectivity index (χ4v) is 1.96. The van der Waals surface area contributed by atoms with E-state index < -0.39 is 0 Å². The van der Waals surface area contributed by atoms with Gasteiger partial charge in [-0.05, 0) is 36.8 Å². The molecular formula is C14H16ClNO. The third-order valence-electron chi connectivity index (χ3n) is 2.75. The van der Waals surface area contributed by atoms with E-state index in [1.807, 2.05) is 30.3 Å². The highest BCUT2D eigenvalue weighted by atomic mass is 35.5. The van der Waals surface area contributed by atoms with Crippen molar-refractivity contribution >= 4 is 11.6 Å². The summed E-state index contributed by atoms with van der Waals surface area (Å²) in [5, 5.41) is 4.23. The van der Waals surface area contributed by atoms with Crippen LogP contribution < -0.4 is 5.32 Å². The van der Waals surface area contributed by atoms with Crippen LogP contribution in [0, 0.1) is 0 Å². The van der Waals surface area contributed by atoms with Crippen molar-refractivity contribution in [3.05, 3.63) is 59.0 Å². The van der Waals surface area contributed by atoms with Gasteiger partial charge in [-0.1, -0.05) is 23.7 Å². The molecule has 1 aromatic carbocycles. The maximum absolute atomic E-state index is 5.96. The first-order valence-electron chi connectivity index (χ1n) is 5.77. The van der Waals surface area contributed by atoms with Crippen LogP contribution in [0.3, 0.4) is 0 Å². The van der Waals surface area contributed by atoms with Gasteiger partial charge in [0, 0.05) is 24.0 Å². The van der Waals surface area contributed by atoms with Crippen LogP contribution in [-0.4, -0.2) is 6.54 Å². The lowest BCUT2D eigenvalue weighted by Gasteiger charge is -2.13. The number of hydrogen-bond acceptors (Lipinski definition) is 2. The van der Waals surface area contributed by atoms with E-state index in [4.69, 9.17) is 16.0 Å². The summed E-state index contributed by atoms with van der Waals surface area (Å²) in [7, 11) is 0. The first kappa shape index (κ1) is 12.2. The Balaban J connectivity index is 1.83. The maximum atomic E-state index is 5.96. The van der Waals surface area contributed by atoms with Crippen LogP contribution in [0.4, 0.5) is 0 Å². The van der Waals surface area contributed by atoms with Gasteiger partial charge in [0.25, 0.3) is 0 Å². The second kappa shape index (κ2) is 5.89. The highest BCUT2D eigenvalue weighted by Crippen LogP contribution is 2.17. The molecule has 2 rings (SSSR count). The van der Waals surface area contributed by atoms with Crippen LogP contribution in [-0.2, 0) is 6.42 Å². The predicted octanol–water partition coefficient (Wildman–Crippen LogP) is 3.83. The van der Waals surface area contributed by atoms with E-state index in [-0.39, 0.29) is 0 Å². The van der Waals surface area contributed by atoms with Gasteiger partial charge < -0.3 is 9.73 Å². The summed E-state index contributed by atoms with van der Waals surface area (Å²) in [6, 6.07) is 12.1.